The van der Waals surface area contributed by atoms with Crippen LogP contribution < -0.4 is 5.73 Å². The zero-order chi connectivity index (χ0) is 11.6. The minimum Gasteiger partial charge on any atom is -0.326 e. The largest absolute Gasteiger partial charge is 0.326 e. The standard InChI is InChI=1S/C12H17ClFN/c1-8-6-10(13)9(7-11(8)14)4-5-12(2,3)15/h6-7H,4-5,15H2,1-3H3. The maximum atomic E-state index is 13.3. The average Bonchev–Trinajstić information content (AvgIpc) is 2.07. The second-order valence-corrected chi connectivity index (χ2v) is 5.09. The number of aryl methyl sites for hydroxylation is 2. The van der Waals surface area contributed by atoms with Crippen LogP contribution in [-0.4, -0.2) is 5.54 Å². The molecular formula is C12H17ClFN. The van der Waals surface area contributed by atoms with E-state index in [2.05, 4.69) is 0 Å². The van der Waals surface area contributed by atoms with Crippen molar-refractivity contribution in [2.24, 2.45) is 5.73 Å². The van der Waals surface area contributed by atoms with Crippen molar-refractivity contribution in [3.05, 3.63) is 34.1 Å². The van der Waals surface area contributed by atoms with Gasteiger partial charge in [0.15, 0.2) is 0 Å². The molecule has 1 rings (SSSR count). The summed E-state index contributed by atoms with van der Waals surface area (Å²) in [5.41, 5.74) is 7.03. The van der Waals surface area contributed by atoms with Crippen LogP contribution in [0.25, 0.3) is 0 Å². The van der Waals surface area contributed by atoms with E-state index < -0.39 is 0 Å². The van der Waals surface area contributed by atoms with Crippen molar-refractivity contribution >= 4 is 11.6 Å². The predicted molar refractivity (Wildman–Crippen MR) is 62.7 cm³/mol. The molecule has 0 aliphatic heterocycles. The summed E-state index contributed by atoms with van der Waals surface area (Å²) in [4.78, 5) is 0. The Morgan fingerprint density at radius 1 is 1.40 bits per heavy atom. The van der Waals surface area contributed by atoms with E-state index in [0.29, 0.717) is 17.0 Å². The third-order valence-electron chi connectivity index (χ3n) is 2.37. The van der Waals surface area contributed by atoms with Gasteiger partial charge >= 0.3 is 0 Å². The lowest BCUT2D eigenvalue weighted by atomic mass is 9.96. The van der Waals surface area contributed by atoms with Crippen LogP contribution in [0, 0.1) is 12.7 Å². The second kappa shape index (κ2) is 4.50. The number of rotatable bonds is 3. The molecule has 15 heavy (non-hydrogen) atoms. The molecule has 84 valence electrons. The maximum absolute atomic E-state index is 13.3. The monoisotopic (exact) mass is 229 g/mol. The van der Waals surface area contributed by atoms with Crippen molar-refractivity contribution in [3.8, 4) is 0 Å². The molecule has 0 heterocycles. The van der Waals surface area contributed by atoms with E-state index in [4.69, 9.17) is 17.3 Å². The van der Waals surface area contributed by atoms with Crippen LogP contribution in [0.3, 0.4) is 0 Å². The molecular weight excluding hydrogens is 213 g/mol. The lowest BCUT2D eigenvalue weighted by molar-refractivity contribution is 0.476. The Bertz CT molecular complexity index is 355. The predicted octanol–water partition coefficient (Wildman–Crippen LogP) is 3.46. The SMILES string of the molecule is Cc1cc(Cl)c(CCC(C)(C)N)cc1F. The number of nitrogens with two attached hydrogens (primary N) is 1. The van der Waals surface area contributed by atoms with Gasteiger partial charge in [-0.3, -0.25) is 0 Å². The quantitative estimate of drug-likeness (QED) is 0.844. The lowest BCUT2D eigenvalue weighted by Gasteiger charge is -2.18. The molecule has 0 bridgehead atoms. The van der Waals surface area contributed by atoms with Crippen LogP contribution in [-0.2, 0) is 6.42 Å². The Kier molecular flexibility index (Phi) is 3.74. The van der Waals surface area contributed by atoms with Gasteiger partial charge in [0.05, 0.1) is 0 Å². The average molecular weight is 230 g/mol. The zero-order valence-corrected chi connectivity index (χ0v) is 10.2. The molecule has 0 unspecified atom stereocenters. The Morgan fingerprint density at radius 2 is 2.00 bits per heavy atom. The highest BCUT2D eigenvalue weighted by Gasteiger charge is 2.13. The van der Waals surface area contributed by atoms with Gasteiger partial charge in [0.1, 0.15) is 5.82 Å². The second-order valence-electron chi connectivity index (χ2n) is 4.68. The fourth-order valence-corrected chi connectivity index (χ4v) is 1.65. The summed E-state index contributed by atoms with van der Waals surface area (Å²) in [6, 6.07) is 3.17. The first-order valence-electron chi connectivity index (χ1n) is 5.03. The summed E-state index contributed by atoms with van der Waals surface area (Å²) in [5.74, 6) is -0.204. The minimum absolute atomic E-state index is 0.204. The van der Waals surface area contributed by atoms with Gasteiger partial charge in [-0.05, 0) is 56.9 Å². The molecule has 0 saturated heterocycles. The normalized spacial score (nSPS) is 11.9. The molecule has 0 spiro atoms. The van der Waals surface area contributed by atoms with Gasteiger partial charge < -0.3 is 5.73 Å². The summed E-state index contributed by atoms with van der Waals surface area (Å²) in [7, 11) is 0. The van der Waals surface area contributed by atoms with Gasteiger partial charge in [0.2, 0.25) is 0 Å². The number of hydrogen-bond donors (Lipinski definition) is 1. The highest BCUT2D eigenvalue weighted by atomic mass is 35.5. The van der Waals surface area contributed by atoms with Crippen LogP contribution in [0.1, 0.15) is 31.4 Å². The van der Waals surface area contributed by atoms with E-state index in [1.165, 1.54) is 6.07 Å². The number of benzene rings is 1. The smallest absolute Gasteiger partial charge is 0.126 e. The molecule has 0 aliphatic carbocycles. The fraction of sp³-hybridized carbons (Fsp3) is 0.500. The van der Waals surface area contributed by atoms with Crippen molar-refractivity contribution in [3.63, 3.8) is 0 Å². The van der Waals surface area contributed by atoms with Crippen molar-refractivity contribution in [2.45, 2.75) is 39.2 Å². The summed E-state index contributed by atoms with van der Waals surface area (Å²) in [5, 5.41) is 0.623. The highest BCUT2D eigenvalue weighted by molar-refractivity contribution is 6.31. The Balaban J connectivity index is 2.82. The minimum atomic E-state index is -0.245. The first-order valence-corrected chi connectivity index (χ1v) is 5.41. The van der Waals surface area contributed by atoms with Gasteiger partial charge in [-0.1, -0.05) is 11.6 Å². The molecule has 0 saturated carbocycles. The van der Waals surface area contributed by atoms with Gasteiger partial charge in [-0.2, -0.15) is 0 Å². The Hall–Kier alpha value is -0.600. The molecule has 1 aromatic rings. The Morgan fingerprint density at radius 3 is 2.53 bits per heavy atom. The van der Waals surface area contributed by atoms with E-state index in [1.807, 2.05) is 13.8 Å². The molecule has 1 aromatic carbocycles. The summed E-state index contributed by atoms with van der Waals surface area (Å²) in [6.45, 7) is 5.61. The molecule has 0 aliphatic rings. The molecule has 0 atom stereocenters. The first kappa shape index (κ1) is 12.5. The van der Waals surface area contributed by atoms with E-state index in [9.17, 15) is 4.39 Å². The number of halogens is 2. The van der Waals surface area contributed by atoms with Crippen molar-refractivity contribution in [1.82, 2.24) is 0 Å². The Labute approximate surface area is 95.4 Å². The van der Waals surface area contributed by atoms with E-state index in [1.54, 1.807) is 13.0 Å². The van der Waals surface area contributed by atoms with Crippen LogP contribution >= 0.6 is 11.6 Å². The fourth-order valence-electron chi connectivity index (χ4n) is 1.34. The third-order valence-corrected chi connectivity index (χ3v) is 2.72. The molecule has 1 nitrogen and oxygen atoms in total. The van der Waals surface area contributed by atoms with Crippen molar-refractivity contribution in [2.75, 3.05) is 0 Å². The zero-order valence-electron chi connectivity index (χ0n) is 9.40. The van der Waals surface area contributed by atoms with Crippen molar-refractivity contribution in [1.29, 1.82) is 0 Å². The summed E-state index contributed by atoms with van der Waals surface area (Å²) in [6.07, 6.45) is 1.49. The molecule has 0 amide bonds. The van der Waals surface area contributed by atoms with E-state index >= 15 is 0 Å². The highest BCUT2D eigenvalue weighted by Crippen LogP contribution is 2.23. The molecule has 0 fully saturated rings. The van der Waals surface area contributed by atoms with Crippen molar-refractivity contribution < 1.29 is 4.39 Å². The molecule has 2 N–H and O–H groups in total. The molecule has 3 heteroatoms. The summed E-state index contributed by atoms with van der Waals surface area (Å²) >= 11 is 6.02. The van der Waals surface area contributed by atoms with Gasteiger partial charge in [-0.15, -0.1) is 0 Å². The maximum Gasteiger partial charge on any atom is 0.126 e. The van der Waals surface area contributed by atoms with E-state index in [0.717, 1.165) is 12.0 Å². The molecule has 0 aromatic heterocycles. The first-order chi connectivity index (χ1) is 6.79. The number of hydrogen-bond acceptors (Lipinski definition) is 1. The summed E-state index contributed by atoms with van der Waals surface area (Å²) < 4.78 is 13.3. The topological polar surface area (TPSA) is 26.0 Å². The van der Waals surface area contributed by atoms with Gasteiger partial charge in [0, 0.05) is 10.6 Å². The van der Waals surface area contributed by atoms with Crippen LogP contribution in [0.5, 0.6) is 0 Å². The lowest BCUT2D eigenvalue weighted by Crippen LogP contribution is -2.32. The van der Waals surface area contributed by atoms with Gasteiger partial charge in [0.25, 0.3) is 0 Å². The molecule has 0 radical (unpaired) electrons. The van der Waals surface area contributed by atoms with Crippen LogP contribution in [0.15, 0.2) is 12.1 Å². The van der Waals surface area contributed by atoms with Crippen LogP contribution in [0.4, 0.5) is 4.39 Å². The van der Waals surface area contributed by atoms with E-state index in [-0.39, 0.29) is 11.4 Å². The third kappa shape index (κ3) is 3.80. The van der Waals surface area contributed by atoms with Crippen LogP contribution in [0.2, 0.25) is 5.02 Å². The van der Waals surface area contributed by atoms with Gasteiger partial charge in [-0.25, -0.2) is 4.39 Å².